The molecule has 0 spiro atoms. The SMILES string of the molecule is CCc1ccc(Nc2nn(-c3nc4ccccc4s3)c3c2C(=O)CC(C)C3)cc1. The average molecular weight is 403 g/mol. The molecule has 1 unspecified atom stereocenters. The van der Waals surface area contributed by atoms with Crippen LogP contribution >= 0.6 is 11.3 Å². The number of Topliss-reactive ketones (excluding diaryl/α,β-unsaturated/α-hetero) is 1. The zero-order chi connectivity index (χ0) is 20.0. The van der Waals surface area contributed by atoms with E-state index in [0.29, 0.717) is 23.7 Å². The molecule has 0 bridgehead atoms. The lowest BCUT2D eigenvalue weighted by molar-refractivity contribution is 0.0953. The van der Waals surface area contributed by atoms with Crippen LogP contribution in [-0.4, -0.2) is 20.5 Å². The quantitative estimate of drug-likeness (QED) is 0.486. The van der Waals surface area contributed by atoms with Crippen LogP contribution in [0.15, 0.2) is 48.5 Å². The van der Waals surface area contributed by atoms with Crippen LogP contribution < -0.4 is 5.32 Å². The summed E-state index contributed by atoms with van der Waals surface area (Å²) < 4.78 is 2.99. The predicted molar refractivity (Wildman–Crippen MR) is 118 cm³/mol. The van der Waals surface area contributed by atoms with Gasteiger partial charge in [0.05, 0.1) is 21.5 Å². The Balaban J connectivity index is 1.61. The van der Waals surface area contributed by atoms with Gasteiger partial charge in [-0.15, -0.1) is 5.10 Å². The van der Waals surface area contributed by atoms with Crippen molar-refractivity contribution in [1.82, 2.24) is 14.8 Å². The third kappa shape index (κ3) is 3.23. The van der Waals surface area contributed by atoms with Gasteiger partial charge in [-0.3, -0.25) is 4.79 Å². The van der Waals surface area contributed by atoms with E-state index in [-0.39, 0.29) is 5.78 Å². The van der Waals surface area contributed by atoms with Crippen LogP contribution in [0.5, 0.6) is 0 Å². The highest BCUT2D eigenvalue weighted by Crippen LogP contribution is 2.35. The Labute approximate surface area is 173 Å². The highest BCUT2D eigenvalue weighted by atomic mass is 32.1. The Morgan fingerprint density at radius 3 is 2.69 bits per heavy atom. The molecule has 2 heterocycles. The number of ketones is 1. The lowest BCUT2D eigenvalue weighted by atomic mass is 9.88. The summed E-state index contributed by atoms with van der Waals surface area (Å²) in [5.41, 5.74) is 4.84. The standard InChI is InChI=1S/C23H22N4OS/c1-3-15-8-10-16(11-9-15)24-22-21-18(12-14(2)13-19(21)28)27(26-22)23-25-17-6-4-5-7-20(17)29-23/h4-11,14H,3,12-13H2,1-2H3,(H,24,26). The summed E-state index contributed by atoms with van der Waals surface area (Å²) in [6.07, 6.45) is 2.38. The second kappa shape index (κ2) is 7.12. The molecular formula is C23H22N4OS. The Morgan fingerprint density at radius 1 is 1.14 bits per heavy atom. The zero-order valence-electron chi connectivity index (χ0n) is 16.5. The van der Waals surface area contributed by atoms with E-state index >= 15 is 0 Å². The van der Waals surface area contributed by atoms with Gasteiger partial charge in [-0.05, 0) is 48.6 Å². The smallest absolute Gasteiger partial charge is 0.211 e. The predicted octanol–water partition coefficient (Wildman–Crippen LogP) is 5.55. The molecule has 5 nitrogen and oxygen atoms in total. The van der Waals surface area contributed by atoms with Gasteiger partial charge in [0.1, 0.15) is 0 Å². The van der Waals surface area contributed by atoms with Crippen molar-refractivity contribution in [2.75, 3.05) is 5.32 Å². The second-order valence-electron chi connectivity index (χ2n) is 7.66. The topological polar surface area (TPSA) is 59.8 Å². The monoisotopic (exact) mass is 402 g/mol. The van der Waals surface area contributed by atoms with E-state index in [9.17, 15) is 4.79 Å². The van der Waals surface area contributed by atoms with Gasteiger partial charge < -0.3 is 5.32 Å². The highest BCUT2D eigenvalue weighted by Gasteiger charge is 2.31. The van der Waals surface area contributed by atoms with E-state index < -0.39 is 0 Å². The molecule has 146 valence electrons. The largest absolute Gasteiger partial charge is 0.338 e. The number of carbonyl (C=O) groups is 1. The molecule has 0 amide bonds. The first-order valence-corrected chi connectivity index (χ1v) is 10.8. The molecule has 1 aliphatic rings. The molecule has 29 heavy (non-hydrogen) atoms. The normalized spacial score (nSPS) is 16.2. The highest BCUT2D eigenvalue weighted by molar-refractivity contribution is 7.20. The fourth-order valence-electron chi connectivity index (χ4n) is 3.91. The van der Waals surface area contributed by atoms with Gasteiger partial charge in [-0.2, -0.15) is 0 Å². The van der Waals surface area contributed by atoms with Gasteiger partial charge >= 0.3 is 0 Å². The van der Waals surface area contributed by atoms with Crippen LogP contribution in [0.25, 0.3) is 15.3 Å². The van der Waals surface area contributed by atoms with Crippen LogP contribution in [0.1, 0.15) is 41.9 Å². The summed E-state index contributed by atoms with van der Waals surface area (Å²) in [6, 6.07) is 16.4. The second-order valence-corrected chi connectivity index (χ2v) is 8.67. The summed E-state index contributed by atoms with van der Waals surface area (Å²) in [5.74, 6) is 1.08. The first kappa shape index (κ1) is 18.1. The van der Waals surface area contributed by atoms with Gasteiger partial charge in [-0.1, -0.05) is 49.4 Å². The summed E-state index contributed by atoms with van der Waals surface area (Å²) in [7, 11) is 0. The first-order valence-electron chi connectivity index (χ1n) is 9.99. The number of nitrogens with one attached hydrogen (secondary N) is 1. The van der Waals surface area contributed by atoms with Crippen molar-refractivity contribution in [3.63, 3.8) is 0 Å². The fraction of sp³-hybridized carbons (Fsp3) is 0.261. The van der Waals surface area contributed by atoms with Crippen molar-refractivity contribution in [3.05, 3.63) is 65.4 Å². The van der Waals surface area contributed by atoms with E-state index in [1.54, 1.807) is 11.3 Å². The number of hydrogen-bond acceptors (Lipinski definition) is 5. The molecule has 6 heteroatoms. The third-order valence-corrected chi connectivity index (χ3v) is 6.44. The number of benzene rings is 2. The molecular weight excluding hydrogens is 380 g/mol. The van der Waals surface area contributed by atoms with Gasteiger partial charge in [-0.25, -0.2) is 9.67 Å². The number of carbonyl (C=O) groups excluding carboxylic acids is 1. The molecule has 1 atom stereocenters. The van der Waals surface area contributed by atoms with Gasteiger partial charge in [0.2, 0.25) is 5.13 Å². The van der Waals surface area contributed by atoms with Crippen molar-refractivity contribution < 1.29 is 4.79 Å². The Kier molecular flexibility index (Phi) is 4.43. The van der Waals surface area contributed by atoms with Crippen molar-refractivity contribution in [2.24, 2.45) is 5.92 Å². The van der Waals surface area contributed by atoms with Crippen molar-refractivity contribution in [3.8, 4) is 5.13 Å². The molecule has 5 rings (SSSR count). The van der Waals surface area contributed by atoms with Crippen LogP contribution in [0, 0.1) is 5.92 Å². The number of nitrogens with zero attached hydrogens (tertiary/aromatic N) is 3. The van der Waals surface area contributed by atoms with Gasteiger partial charge in [0, 0.05) is 12.1 Å². The fourth-order valence-corrected chi connectivity index (χ4v) is 4.86. The third-order valence-electron chi connectivity index (χ3n) is 5.42. The molecule has 0 aliphatic heterocycles. The number of thiazole rings is 1. The Bertz CT molecular complexity index is 1170. The first-order chi connectivity index (χ1) is 14.1. The molecule has 4 aromatic rings. The maximum absolute atomic E-state index is 12.9. The molecule has 0 saturated heterocycles. The summed E-state index contributed by atoms with van der Waals surface area (Å²) in [5, 5.41) is 8.99. The van der Waals surface area contributed by atoms with Crippen LogP contribution in [0.2, 0.25) is 0 Å². The summed E-state index contributed by atoms with van der Waals surface area (Å²) >= 11 is 1.60. The number of aromatic nitrogens is 3. The molecule has 0 saturated carbocycles. The van der Waals surface area contributed by atoms with E-state index in [0.717, 1.165) is 39.6 Å². The Morgan fingerprint density at radius 2 is 1.93 bits per heavy atom. The molecule has 1 N–H and O–H groups in total. The molecule has 2 aromatic heterocycles. The van der Waals surface area contributed by atoms with E-state index in [4.69, 9.17) is 10.1 Å². The number of anilines is 2. The summed E-state index contributed by atoms with van der Waals surface area (Å²) in [6.45, 7) is 4.26. The minimum Gasteiger partial charge on any atom is -0.338 e. The van der Waals surface area contributed by atoms with E-state index in [1.165, 1.54) is 5.56 Å². The van der Waals surface area contributed by atoms with Crippen LogP contribution in [0.3, 0.4) is 0 Å². The van der Waals surface area contributed by atoms with Crippen LogP contribution in [0.4, 0.5) is 11.5 Å². The van der Waals surface area contributed by atoms with E-state index in [2.05, 4.69) is 37.4 Å². The van der Waals surface area contributed by atoms with Gasteiger partial charge in [0.15, 0.2) is 11.6 Å². The van der Waals surface area contributed by atoms with Crippen LogP contribution in [-0.2, 0) is 12.8 Å². The minimum atomic E-state index is 0.152. The number of aryl methyl sites for hydroxylation is 1. The van der Waals surface area contributed by atoms with Gasteiger partial charge in [0.25, 0.3) is 0 Å². The maximum atomic E-state index is 12.9. The molecule has 1 aliphatic carbocycles. The Hall–Kier alpha value is -2.99. The molecule has 0 radical (unpaired) electrons. The minimum absolute atomic E-state index is 0.152. The zero-order valence-corrected chi connectivity index (χ0v) is 17.3. The lowest BCUT2D eigenvalue weighted by Crippen LogP contribution is -2.19. The number of rotatable bonds is 4. The molecule has 2 aromatic carbocycles. The maximum Gasteiger partial charge on any atom is 0.211 e. The average Bonchev–Trinajstić information content (AvgIpc) is 3.30. The number of hydrogen-bond donors (Lipinski definition) is 1. The van der Waals surface area contributed by atoms with Crippen molar-refractivity contribution >= 4 is 38.8 Å². The number of fused-ring (bicyclic) bond motifs is 2. The lowest BCUT2D eigenvalue weighted by Gasteiger charge is -2.18. The van der Waals surface area contributed by atoms with E-state index in [1.807, 2.05) is 35.0 Å². The van der Waals surface area contributed by atoms with Crippen molar-refractivity contribution in [2.45, 2.75) is 33.1 Å². The van der Waals surface area contributed by atoms with Crippen molar-refractivity contribution in [1.29, 1.82) is 0 Å². The summed E-state index contributed by atoms with van der Waals surface area (Å²) in [4.78, 5) is 17.7. The molecule has 0 fully saturated rings. The number of para-hydroxylation sites is 1.